The van der Waals surface area contributed by atoms with Crippen LogP contribution in [0, 0.1) is 28.7 Å². The Morgan fingerprint density at radius 3 is 2.14 bits per heavy atom. The second kappa shape index (κ2) is 13.3. The van der Waals surface area contributed by atoms with Crippen LogP contribution in [-0.2, 0) is 19.5 Å². The summed E-state index contributed by atoms with van der Waals surface area (Å²) in [6, 6.07) is 18.5. The number of benzene rings is 3. The summed E-state index contributed by atoms with van der Waals surface area (Å²) in [5.74, 6) is -1.56. The van der Waals surface area contributed by atoms with Crippen LogP contribution >= 0.6 is 0 Å². The fourth-order valence-corrected chi connectivity index (χ4v) is 5.61. The number of piperazine rings is 1. The van der Waals surface area contributed by atoms with Gasteiger partial charge in [-0.3, -0.25) is 28.9 Å². The van der Waals surface area contributed by atoms with Crippen LogP contribution in [0.2, 0.25) is 0 Å². The maximum atomic E-state index is 14.7. The van der Waals surface area contributed by atoms with Crippen LogP contribution in [0.4, 0.5) is 20.2 Å². The van der Waals surface area contributed by atoms with Gasteiger partial charge in [0.05, 0.1) is 18.0 Å². The predicted octanol–water partition coefficient (Wildman–Crippen LogP) is 3.62. The molecule has 0 saturated carbocycles. The molecule has 0 unspecified atom stereocenters. The molecule has 0 bridgehead atoms. The number of rotatable bonds is 10. The van der Waals surface area contributed by atoms with Gasteiger partial charge in [0.15, 0.2) is 0 Å². The highest BCUT2D eigenvalue weighted by atomic mass is 19.1. The molecule has 0 amide bonds. The number of nitro benzene ring substituents is 1. The average molecular weight is 605 g/mol. The number of hydrogen-bond acceptors (Lipinski definition) is 7. The zero-order valence-electron chi connectivity index (χ0n) is 24.4. The highest BCUT2D eigenvalue weighted by molar-refractivity contribution is 5.50. The summed E-state index contributed by atoms with van der Waals surface area (Å²) >= 11 is 0. The van der Waals surface area contributed by atoms with Crippen molar-refractivity contribution in [2.75, 3.05) is 37.6 Å². The number of nitrogens with zero attached hydrogens (tertiary/aromatic N) is 5. The van der Waals surface area contributed by atoms with Crippen molar-refractivity contribution in [2.45, 2.75) is 32.5 Å². The van der Waals surface area contributed by atoms with Gasteiger partial charge in [0.2, 0.25) is 0 Å². The van der Waals surface area contributed by atoms with E-state index in [9.17, 15) is 28.5 Å². The molecule has 5 rings (SSSR count). The lowest BCUT2D eigenvalue weighted by molar-refractivity contribution is -0.384. The Labute approximate surface area is 252 Å². The van der Waals surface area contributed by atoms with E-state index < -0.39 is 33.8 Å². The van der Waals surface area contributed by atoms with Gasteiger partial charge in [0, 0.05) is 62.2 Å². The molecule has 44 heavy (non-hydrogen) atoms. The molecule has 3 aromatic carbocycles. The van der Waals surface area contributed by atoms with Crippen molar-refractivity contribution in [2.24, 2.45) is 5.73 Å². The molecule has 0 radical (unpaired) electrons. The molecular formula is C32H34F2N6O4. The maximum Gasteiger partial charge on any atom is 0.331 e. The van der Waals surface area contributed by atoms with E-state index in [1.807, 2.05) is 35.2 Å². The molecule has 1 saturated heterocycles. The molecule has 12 heteroatoms. The molecule has 1 aliphatic rings. The molecule has 1 aromatic heterocycles. The minimum absolute atomic E-state index is 0.0483. The second-order valence-corrected chi connectivity index (χ2v) is 10.9. The molecule has 0 spiro atoms. The lowest BCUT2D eigenvalue weighted by Crippen LogP contribution is -2.52. The fraction of sp³-hybridized carbons (Fsp3) is 0.312. The summed E-state index contributed by atoms with van der Waals surface area (Å²) in [5, 5.41) is 10.9. The lowest BCUT2D eigenvalue weighted by Gasteiger charge is -2.37. The average Bonchev–Trinajstić information content (AvgIpc) is 3.02. The number of halogens is 2. The standard InChI is InChI=1S/C32H34F2N6O4/c1-22-30(37-18-16-36(17-19-37)15-14-23-10-12-25(13-11-23)40(43)44)31(41)39(21-29(35)24-6-3-2-4-7-24)32(42)38(22)20-26-27(33)8-5-9-28(26)34/h2-13,29H,14-21,35H2,1H3/t29-/m0/s1. The van der Waals surface area contributed by atoms with E-state index >= 15 is 0 Å². The number of nitro groups is 1. The van der Waals surface area contributed by atoms with E-state index in [0.717, 1.165) is 34.4 Å². The third kappa shape index (κ3) is 6.61. The summed E-state index contributed by atoms with van der Waals surface area (Å²) in [6.45, 7) is 4.12. The molecule has 230 valence electrons. The highest BCUT2D eigenvalue weighted by Crippen LogP contribution is 2.21. The van der Waals surface area contributed by atoms with Crippen LogP contribution in [-0.4, -0.2) is 51.7 Å². The minimum Gasteiger partial charge on any atom is -0.363 e. The first-order chi connectivity index (χ1) is 21.1. The van der Waals surface area contributed by atoms with Gasteiger partial charge < -0.3 is 10.6 Å². The van der Waals surface area contributed by atoms with Crippen molar-refractivity contribution in [3.05, 3.63) is 138 Å². The molecular weight excluding hydrogens is 570 g/mol. The number of non-ortho nitro benzene ring substituents is 1. The van der Waals surface area contributed by atoms with Gasteiger partial charge in [0.1, 0.15) is 17.3 Å². The van der Waals surface area contributed by atoms with E-state index in [-0.39, 0.29) is 24.3 Å². The van der Waals surface area contributed by atoms with Gasteiger partial charge >= 0.3 is 5.69 Å². The monoisotopic (exact) mass is 604 g/mol. The molecule has 1 atom stereocenters. The molecule has 1 aliphatic heterocycles. The van der Waals surface area contributed by atoms with E-state index in [1.165, 1.54) is 22.8 Å². The van der Waals surface area contributed by atoms with Gasteiger partial charge in [0.25, 0.3) is 11.2 Å². The van der Waals surface area contributed by atoms with Crippen molar-refractivity contribution < 1.29 is 13.7 Å². The molecule has 2 heterocycles. The smallest absolute Gasteiger partial charge is 0.331 e. The zero-order valence-corrected chi connectivity index (χ0v) is 24.4. The third-order valence-corrected chi connectivity index (χ3v) is 8.19. The Morgan fingerprint density at radius 2 is 1.52 bits per heavy atom. The van der Waals surface area contributed by atoms with Crippen molar-refractivity contribution in [3.8, 4) is 0 Å². The number of aromatic nitrogens is 2. The summed E-state index contributed by atoms with van der Waals surface area (Å²) in [7, 11) is 0. The SMILES string of the molecule is Cc1c(N2CCN(CCc3ccc([N+](=O)[O-])cc3)CC2)c(=O)n(C[C@H](N)c2ccccc2)c(=O)n1Cc1c(F)cccc1F. The van der Waals surface area contributed by atoms with Crippen LogP contribution in [0.5, 0.6) is 0 Å². The first-order valence-corrected chi connectivity index (χ1v) is 14.4. The summed E-state index contributed by atoms with van der Waals surface area (Å²) in [6.07, 6.45) is 0.709. The highest BCUT2D eigenvalue weighted by Gasteiger charge is 2.26. The van der Waals surface area contributed by atoms with Crippen molar-refractivity contribution in [3.63, 3.8) is 0 Å². The number of anilines is 1. The van der Waals surface area contributed by atoms with Crippen LogP contribution in [0.3, 0.4) is 0 Å². The van der Waals surface area contributed by atoms with Gasteiger partial charge in [-0.15, -0.1) is 0 Å². The van der Waals surface area contributed by atoms with Crippen LogP contribution < -0.4 is 21.9 Å². The first kappa shape index (κ1) is 30.8. The molecule has 10 nitrogen and oxygen atoms in total. The Kier molecular flexibility index (Phi) is 9.31. The van der Waals surface area contributed by atoms with Crippen LogP contribution in [0.15, 0.2) is 82.4 Å². The van der Waals surface area contributed by atoms with Crippen LogP contribution in [0.1, 0.15) is 28.4 Å². The largest absolute Gasteiger partial charge is 0.363 e. The Hall–Kier alpha value is -4.68. The Morgan fingerprint density at radius 1 is 0.886 bits per heavy atom. The molecule has 0 aliphatic carbocycles. The van der Waals surface area contributed by atoms with Crippen molar-refractivity contribution in [1.29, 1.82) is 0 Å². The summed E-state index contributed by atoms with van der Waals surface area (Å²) in [5.41, 5.74) is 7.38. The van der Waals surface area contributed by atoms with Gasteiger partial charge in [-0.1, -0.05) is 48.5 Å². The van der Waals surface area contributed by atoms with Crippen molar-refractivity contribution >= 4 is 11.4 Å². The van der Waals surface area contributed by atoms with Gasteiger partial charge in [-0.25, -0.2) is 13.6 Å². The maximum absolute atomic E-state index is 14.7. The first-order valence-electron chi connectivity index (χ1n) is 14.4. The molecule has 2 N–H and O–H groups in total. The van der Waals surface area contributed by atoms with Crippen molar-refractivity contribution in [1.82, 2.24) is 14.0 Å². The summed E-state index contributed by atoms with van der Waals surface area (Å²) < 4.78 is 31.7. The molecule has 4 aromatic rings. The fourth-order valence-electron chi connectivity index (χ4n) is 5.61. The molecule has 1 fully saturated rings. The van der Waals surface area contributed by atoms with Gasteiger partial charge in [-0.2, -0.15) is 0 Å². The predicted molar refractivity (Wildman–Crippen MR) is 164 cm³/mol. The van der Waals surface area contributed by atoms with Gasteiger partial charge in [-0.05, 0) is 36.6 Å². The number of nitrogens with two attached hydrogens (primary N) is 1. The zero-order chi connectivity index (χ0) is 31.4. The van der Waals surface area contributed by atoms with Crippen LogP contribution in [0.25, 0.3) is 0 Å². The quantitative estimate of drug-likeness (QED) is 0.217. The lowest BCUT2D eigenvalue weighted by atomic mass is 10.1. The normalized spacial score (nSPS) is 14.5. The topological polar surface area (TPSA) is 120 Å². The van der Waals surface area contributed by atoms with E-state index in [0.29, 0.717) is 44.0 Å². The summed E-state index contributed by atoms with van der Waals surface area (Å²) in [4.78, 5) is 42.3. The van der Waals surface area contributed by atoms with E-state index in [4.69, 9.17) is 5.73 Å². The second-order valence-electron chi connectivity index (χ2n) is 10.9. The Balaban J connectivity index is 1.41. The van der Waals surface area contributed by atoms with E-state index in [1.54, 1.807) is 19.1 Å². The minimum atomic E-state index is -0.779. The van der Waals surface area contributed by atoms with E-state index in [2.05, 4.69) is 4.90 Å². The third-order valence-electron chi connectivity index (χ3n) is 8.19. The number of hydrogen-bond donors (Lipinski definition) is 1. The Bertz CT molecular complexity index is 1730.